The van der Waals surface area contributed by atoms with Gasteiger partial charge in [0.2, 0.25) is 5.90 Å². The maximum absolute atomic E-state index is 12.8. The van der Waals surface area contributed by atoms with E-state index in [0.717, 1.165) is 16.3 Å². The number of benzene rings is 2. The lowest BCUT2D eigenvalue weighted by atomic mass is 9.77. The Morgan fingerprint density at radius 1 is 1.23 bits per heavy atom. The second-order valence-corrected chi connectivity index (χ2v) is 6.54. The summed E-state index contributed by atoms with van der Waals surface area (Å²) in [4.78, 5) is 12.8. The van der Waals surface area contributed by atoms with Crippen molar-refractivity contribution in [2.24, 2.45) is 5.92 Å². The van der Waals surface area contributed by atoms with Crippen molar-refractivity contribution < 1.29 is 14.3 Å². The van der Waals surface area contributed by atoms with Gasteiger partial charge < -0.3 is 9.47 Å². The van der Waals surface area contributed by atoms with Gasteiger partial charge in [-0.25, -0.2) is 4.79 Å². The number of ether oxygens (including phenoxy) is 2. The topological polar surface area (TPSA) is 83.2 Å². The van der Waals surface area contributed by atoms with Crippen LogP contribution in [-0.2, 0) is 14.3 Å². The van der Waals surface area contributed by atoms with Crippen LogP contribution in [0.25, 0.3) is 10.8 Å². The number of carbonyl (C=O) groups is 1. The first kappa shape index (κ1) is 17.7. The number of nitrogens with zero attached hydrogens (tertiary/aromatic N) is 1. The summed E-state index contributed by atoms with van der Waals surface area (Å²) >= 11 is 0. The number of rotatable bonds is 3. The van der Waals surface area contributed by atoms with Crippen LogP contribution in [0.1, 0.15) is 32.3 Å². The van der Waals surface area contributed by atoms with Gasteiger partial charge in [-0.1, -0.05) is 42.5 Å². The molecule has 0 amide bonds. The SMILES string of the molecule is CC1=C(C(=O)OC(C)C)C(c2cccc3ccccc23)C(C#N)C(=N)O1. The number of hydrogen-bond donors (Lipinski definition) is 1. The van der Waals surface area contributed by atoms with Crippen molar-refractivity contribution >= 4 is 22.6 Å². The van der Waals surface area contributed by atoms with Crippen molar-refractivity contribution in [3.05, 3.63) is 59.4 Å². The fourth-order valence-corrected chi connectivity index (χ4v) is 3.36. The maximum Gasteiger partial charge on any atom is 0.338 e. The van der Waals surface area contributed by atoms with E-state index < -0.39 is 17.8 Å². The summed E-state index contributed by atoms with van der Waals surface area (Å²) < 4.78 is 10.8. The molecule has 0 radical (unpaired) electrons. The Morgan fingerprint density at radius 3 is 2.62 bits per heavy atom. The van der Waals surface area contributed by atoms with Gasteiger partial charge in [0.25, 0.3) is 0 Å². The molecule has 2 unspecified atom stereocenters. The van der Waals surface area contributed by atoms with E-state index in [1.54, 1.807) is 20.8 Å². The van der Waals surface area contributed by atoms with Gasteiger partial charge >= 0.3 is 5.97 Å². The van der Waals surface area contributed by atoms with E-state index in [4.69, 9.17) is 14.9 Å². The lowest BCUT2D eigenvalue weighted by molar-refractivity contribution is -0.143. The third kappa shape index (κ3) is 3.06. The molecule has 2 aromatic rings. The van der Waals surface area contributed by atoms with Crippen LogP contribution in [0.4, 0.5) is 0 Å². The van der Waals surface area contributed by atoms with E-state index in [1.165, 1.54) is 0 Å². The maximum atomic E-state index is 12.8. The average molecular weight is 348 g/mol. The Morgan fingerprint density at radius 2 is 1.92 bits per heavy atom. The summed E-state index contributed by atoms with van der Waals surface area (Å²) in [6, 6.07) is 15.7. The molecule has 0 bridgehead atoms. The fraction of sp³-hybridized carbons (Fsp3) is 0.286. The van der Waals surface area contributed by atoms with Crippen LogP contribution >= 0.6 is 0 Å². The fourth-order valence-electron chi connectivity index (χ4n) is 3.36. The van der Waals surface area contributed by atoms with Gasteiger partial charge in [-0.15, -0.1) is 0 Å². The van der Waals surface area contributed by atoms with Gasteiger partial charge in [0, 0.05) is 5.92 Å². The van der Waals surface area contributed by atoms with Crippen LogP contribution in [0, 0.1) is 22.7 Å². The van der Waals surface area contributed by atoms with Crippen LogP contribution in [-0.4, -0.2) is 18.0 Å². The van der Waals surface area contributed by atoms with Gasteiger partial charge in [-0.05, 0) is 37.1 Å². The molecule has 1 aliphatic heterocycles. The third-order valence-electron chi connectivity index (χ3n) is 4.43. The number of carbonyl (C=O) groups excluding carboxylic acids is 1. The quantitative estimate of drug-likeness (QED) is 0.839. The summed E-state index contributed by atoms with van der Waals surface area (Å²) in [6.45, 7) is 5.18. The predicted octanol–water partition coefficient (Wildman–Crippen LogP) is 4.30. The molecule has 0 saturated heterocycles. The number of nitriles is 1. The molecule has 1 aliphatic rings. The normalized spacial score (nSPS) is 20.0. The molecule has 0 saturated carbocycles. The van der Waals surface area contributed by atoms with Crippen molar-refractivity contribution in [3.63, 3.8) is 0 Å². The lowest BCUT2D eigenvalue weighted by Crippen LogP contribution is -2.33. The van der Waals surface area contributed by atoms with Crippen LogP contribution in [0.15, 0.2) is 53.8 Å². The summed E-state index contributed by atoms with van der Waals surface area (Å²) in [5.74, 6) is -1.85. The molecule has 0 aliphatic carbocycles. The predicted molar refractivity (Wildman–Crippen MR) is 98.5 cm³/mol. The summed E-state index contributed by atoms with van der Waals surface area (Å²) in [6.07, 6.45) is -0.294. The van der Waals surface area contributed by atoms with E-state index in [9.17, 15) is 10.1 Å². The zero-order valence-corrected chi connectivity index (χ0v) is 14.9. The lowest BCUT2D eigenvalue weighted by Gasteiger charge is -2.31. The molecule has 132 valence electrons. The molecule has 0 aromatic heterocycles. The Kier molecular flexibility index (Phi) is 4.77. The number of fused-ring (bicyclic) bond motifs is 1. The van der Waals surface area contributed by atoms with E-state index in [2.05, 4.69) is 6.07 Å². The van der Waals surface area contributed by atoms with Gasteiger partial charge in [0.05, 0.1) is 17.7 Å². The highest BCUT2D eigenvalue weighted by Crippen LogP contribution is 2.42. The van der Waals surface area contributed by atoms with Gasteiger partial charge in [-0.3, -0.25) is 5.41 Å². The van der Waals surface area contributed by atoms with E-state index in [-0.39, 0.29) is 12.0 Å². The van der Waals surface area contributed by atoms with Crippen molar-refractivity contribution in [3.8, 4) is 6.07 Å². The van der Waals surface area contributed by atoms with Crippen LogP contribution in [0.3, 0.4) is 0 Å². The minimum atomic E-state index is -0.890. The molecule has 0 spiro atoms. The molecule has 1 N–H and O–H groups in total. The minimum Gasteiger partial charge on any atom is -0.460 e. The Labute approximate surface area is 152 Å². The van der Waals surface area contributed by atoms with Gasteiger partial charge in [0.15, 0.2) is 0 Å². The van der Waals surface area contributed by atoms with E-state index in [0.29, 0.717) is 11.3 Å². The highest BCUT2D eigenvalue weighted by molar-refractivity contribution is 5.98. The summed E-state index contributed by atoms with van der Waals surface area (Å²) in [7, 11) is 0. The third-order valence-corrected chi connectivity index (χ3v) is 4.43. The Bertz CT molecular complexity index is 948. The molecule has 26 heavy (non-hydrogen) atoms. The van der Waals surface area contributed by atoms with Gasteiger partial charge in [-0.2, -0.15) is 5.26 Å². The van der Waals surface area contributed by atoms with Crippen molar-refractivity contribution in [2.45, 2.75) is 32.8 Å². The number of hydrogen-bond acceptors (Lipinski definition) is 5. The van der Waals surface area contributed by atoms with Crippen LogP contribution in [0.5, 0.6) is 0 Å². The highest BCUT2D eigenvalue weighted by atomic mass is 16.5. The van der Waals surface area contributed by atoms with Crippen LogP contribution < -0.4 is 0 Å². The molecule has 3 rings (SSSR count). The molecule has 5 heteroatoms. The first-order chi connectivity index (χ1) is 12.4. The molecular weight excluding hydrogens is 328 g/mol. The zero-order valence-electron chi connectivity index (χ0n) is 14.9. The standard InChI is InChI=1S/C21H20N2O3/c1-12(2)25-21(24)18-13(3)26-20(23)17(11-22)19(18)16-10-6-8-14-7-4-5-9-15(14)16/h4-10,12,17,19,23H,1-3H3. The van der Waals surface area contributed by atoms with E-state index in [1.807, 2.05) is 42.5 Å². The first-order valence-corrected chi connectivity index (χ1v) is 8.49. The van der Waals surface area contributed by atoms with Crippen molar-refractivity contribution in [2.75, 3.05) is 0 Å². The largest absolute Gasteiger partial charge is 0.460 e. The smallest absolute Gasteiger partial charge is 0.338 e. The Balaban J connectivity index is 2.24. The highest BCUT2D eigenvalue weighted by Gasteiger charge is 2.42. The van der Waals surface area contributed by atoms with Crippen molar-refractivity contribution in [1.29, 1.82) is 10.7 Å². The molecule has 0 fully saturated rings. The van der Waals surface area contributed by atoms with Gasteiger partial charge in [0.1, 0.15) is 11.7 Å². The summed E-state index contributed by atoms with van der Waals surface area (Å²) in [5, 5.41) is 19.7. The molecule has 2 aromatic carbocycles. The second-order valence-electron chi connectivity index (χ2n) is 6.54. The van der Waals surface area contributed by atoms with E-state index >= 15 is 0 Å². The van der Waals surface area contributed by atoms with Crippen molar-refractivity contribution in [1.82, 2.24) is 0 Å². The molecule has 5 nitrogen and oxygen atoms in total. The average Bonchev–Trinajstić information content (AvgIpc) is 2.60. The number of allylic oxidation sites excluding steroid dienone is 1. The zero-order chi connectivity index (χ0) is 18.8. The monoisotopic (exact) mass is 348 g/mol. The van der Waals surface area contributed by atoms with Crippen LogP contribution in [0.2, 0.25) is 0 Å². The minimum absolute atomic E-state index is 0.149. The molecular formula is C21H20N2O3. The first-order valence-electron chi connectivity index (χ1n) is 8.49. The molecule has 1 heterocycles. The molecule has 2 atom stereocenters. The Hall–Kier alpha value is -3.13. The second kappa shape index (κ2) is 7.01. The number of nitrogens with one attached hydrogen (secondary N) is 1. The number of esters is 1. The summed E-state index contributed by atoms with van der Waals surface area (Å²) in [5.41, 5.74) is 1.12.